The van der Waals surface area contributed by atoms with Crippen LogP contribution in [0.3, 0.4) is 0 Å². The molecule has 6 heteroatoms. The lowest BCUT2D eigenvalue weighted by molar-refractivity contribution is -0.141. The van der Waals surface area contributed by atoms with Crippen LogP contribution in [-0.2, 0) is 4.74 Å². The molecule has 0 aliphatic carbocycles. The molecular formula is C11H20F3NO2. The number of halogens is 3. The van der Waals surface area contributed by atoms with E-state index in [9.17, 15) is 18.3 Å². The fraction of sp³-hybridized carbons (Fsp3) is 1.00. The van der Waals surface area contributed by atoms with E-state index in [4.69, 9.17) is 10.5 Å². The van der Waals surface area contributed by atoms with Gasteiger partial charge >= 0.3 is 6.18 Å². The summed E-state index contributed by atoms with van der Waals surface area (Å²) in [6.45, 7) is 2.62. The Kier molecular flexibility index (Phi) is 4.43. The SMILES string of the molecule is CC(O)(CCCC(F)(F)F)C1(CN)CCOC1. The minimum Gasteiger partial charge on any atom is -0.389 e. The maximum absolute atomic E-state index is 12.1. The van der Waals surface area contributed by atoms with Crippen molar-refractivity contribution in [2.45, 2.75) is 44.4 Å². The number of rotatable bonds is 5. The molecule has 1 saturated heterocycles. The second-order valence-corrected chi connectivity index (χ2v) is 5.03. The van der Waals surface area contributed by atoms with Crippen LogP contribution >= 0.6 is 0 Å². The van der Waals surface area contributed by atoms with E-state index < -0.39 is 23.6 Å². The van der Waals surface area contributed by atoms with Gasteiger partial charge in [0.05, 0.1) is 12.2 Å². The first-order valence-electron chi connectivity index (χ1n) is 5.79. The molecule has 1 aliphatic heterocycles. The molecule has 1 heterocycles. The van der Waals surface area contributed by atoms with E-state index in [0.717, 1.165) is 0 Å². The number of ether oxygens (including phenoxy) is 1. The predicted molar refractivity (Wildman–Crippen MR) is 57.5 cm³/mol. The molecule has 0 amide bonds. The second kappa shape index (κ2) is 5.12. The summed E-state index contributed by atoms with van der Waals surface area (Å²) in [5.74, 6) is 0. The average molecular weight is 255 g/mol. The molecule has 1 rings (SSSR count). The van der Waals surface area contributed by atoms with Crippen LogP contribution in [0.5, 0.6) is 0 Å². The van der Waals surface area contributed by atoms with Crippen LogP contribution in [0.15, 0.2) is 0 Å². The first kappa shape index (κ1) is 14.7. The fourth-order valence-corrected chi connectivity index (χ4v) is 2.31. The third-order valence-corrected chi connectivity index (χ3v) is 3.76. The van der Waals surface area contributed by atoms with Crippen molar-refractivity contribution in [1.29, 1.82) is 0 Å². The van der Waals surface area contributed by atoms with E-state index in [-0.39, 0.29) is 19.4 Å². The minimum atomic E-state index is -4.17. The molecule has 3 N–H and O–H groups in total. The van der Waals surface area contributed by atoms with Crippen LogP contribution in [0.25, 0.3) is 0 Å². The Balaban J connectivity index is 2.54. The zero-order valence-corrected chi connectivity index (χ0v) is 10.0. The number of hydrogen-bond acceptors (Lipinski definition) is 3. The van der Waals surface area contributed by atoms with Gasteiger partial charge < -0.3 is 15.6 Å². The van der Waals surface area contributed by atoms with E-state index >= 15 is 0 Å². The normalized spacial score (nSPS) is 29.3. The number of nitrogens with two attached hydrogens (primary N) is 1. The lowest BCUT2D eigenvalue weighted by atomic mass is 9.70. The van der Waals surface area contributed by atoms with Crippen molar-refractivity contribution in [2.24, 2.45) is 11.1 Å². The highest BCUT2D eigenvalue weighted by atomic mass is 19.4. The maximum Gasteiger partial charge on any atom is 0.389 e. The highest BCUT2D eigenvalue weighted by Gasteiger charge is 2.48. The Morgan fingerprint density at radius 2 is 2.00 bits per heavy atom. The topological polar surface area (TPSA) is 55.5 Å². The van der Waals surface area contributed by atoms with Crippen molar-refractivity contribution in [1.82, 2.24) is 0 Å². The molecule has 17 heavy (non-hydrogen) atoms. The number of hydrogen-bond donors (Lipinski definition) is 2. The van der Waals surface area contributed by atoms with Gasteiger partial charge in [-0.15, -0.1) is 0 Å². The van der Waals surface area contributed by atoms with Gasteiger partial charge in [0.1, 0.15) is 0 Å². The monoisotopic (exact) mass is 255 g/mol. The van der Waals surface area contributed by atoms with E-state index in [1.54, 1.807) is 6.92 Å². The molecule has 102 valence electrons. The fourth-order valence-electron chi connectivity index (χ4n) is 2.31. The minimum absolute atomic E-state index is 0.0851. The van der Waals surface area contributed by atoms with E-state index in [1.165, 1.54) is 0 Å². The first-order chi connectivity index (χ1) is 7.72. The van der Waals surface area contributed by atoms with Gasteiger partial charge in [0.15, 0.2) is 0 Å². The molecule has 0 aromatic rings. The zero-order chi connectivity index (χ0) is 13.2. The van der Waals surface area contributed by atoms with Crippen molar-refractivity contribution < 1.29 is 23.0 Å². The quantitative estimate of drug-likeness (QED) is 0.788. The van der Waals surface area contributed by atoms with Crippen molar-refractivity contribution in [3.63, 3.8) is 0 Å². The molecule has 3 nitrogen and oxygen atoms in total. The Morgan fingerprint density at radius 3 is 2.41 bits per heavy atom. The van der Waals surface area contributed by atoms with Gasteiger partial charge in [-0.05, 0) is 26.2 Å². The molecule has 0 aromatic heterocycles. The summed E-state index contributed by atoms with van der Waals surface area (Å²) in [7, 11) is 0. The summed E-state index contributed by atoms with van der Waals surface area (Å²) < 4.78 is 41.4. The molecule has 0 aromatic carbocycles. The predicted octanol–water partition coefficient (Wildman–Crippen LogP) is 1.84. The van der Waals surface area contributed by atoms with Crippen LogP contribution in [0.4, 0.5) is 13.2 Å². The summed E-state index contributed by atoms with van der Waals surface area (Å²) >= 11 is 0. The summed E-state index contributed by atoms with van der Waals surface area (Å²) in [5.41, 5.74) is 3.85. The Labute approximate surface area is 99.1 Å². The molecule has 2 atom stereocenters. The second-order valence-electron chi connectivity index (χ2n) is 5.03. The lowest BCUT2D eigenvalue weighted by Crippen LogP contribution is -2.51. The molecule has 0 bridgehead atoms. The van der Waals surface area contributed by atoms with Crippen molar-refractivity contribution >= 4 is 0 Å². The molecule has 1 fully saturated rings. The molecule has 0 saturated carbocycles. The summed E-state index contributed by atoms with van der Waals surface area (Å²) in [6, 6.07) is 0. The molecule has 1 aliphatic rings. The third-order valence-electron chi connectivity index (χ3n) is 3.76. The highest BCUT2D eigenvalue weighted by Crippen LogP contribution is 2.42. The molecule has 0 radical (unpaired) electrons. The maximum atomic E-state index is 12.1. The van der Waals surface area contributed by atoms with E-state index in [1.807, 2.05) is 0 Å². The van der Waals surface area contributed by atoms with Crippen molar-refractivity contribution in [3.8, 4) is 0 Å². The molecule has 2 unspecified atom stereocenters. The average Bonchev–Trinajstić information content (AvgIpc) is 2.64. The van der Waals surface area contributed by atoms with Crippen LogP contribution in [-0.4, -0.2) is 36.6 Å². The zero-order valence-electron chi connectivity index (χ0n) is 10.0. The van der Waals surface area contributed by atoms with E-state index in [0.29, 0.717) is 19.6 Å². The van der Waals surface area contributed by atoms with Gasteiger partial charge in [-0.2, -0.15) is 13.2 Å². The largest absolute Gasteiger partial charge is 0.389 e. The number of aliphatic hydroxyl groups is 1. The van der Waals surface area contributed by atoms with Gasteiger partial charge in [0.25, 0.3) is 0 Å². The van der Waals surface area contributed by atoms with Crippen molar-refractivity contribution in [3.05, 3.63) is 0 Å². The first-order valence-corrected chi connectivity index (χ1v) is 5.79. The third kappa shape index (κ3) is 3.56. The lowest BCUT2D eigenvalue weighted by Gasteiger charge is -2.41. The highest BCUT2D eigenvalue weighted by molar-refractivity contribution is 4.99. The van der Waals surface area contributed by atoms with Gasteiger partial charge in [0, 0.05) is 25.0 Å². The molecular weight excluding hydrogens is 235 g/mol. The van der Waals surface area contributed by atoms with Crippen LogP contribution < -0.4 is 5.73 Å². The summed E-state index contributed by atoms with van der Waals surface area (Å²) in [6.07, 6.45) is -4.43. The standard InChI is InChI=1S/C11H20F3NO2/c1-9(16,3-2-4-11(12,13)14)10(7-15)5-6-17-8-10/h16H,2-8,15H2,1H3. The van der Waals surface area contributed by atoms with Crippen molar-refractivity contribution in [2.75, 3.05) is 19.8 Å². The Bertz CT molecular complexity index is 248. The van der Waals surface area contributed by atoms with Crippen LogP contribution in [0.1, 0.15) is 32.6 Å². The molecule has 0 spiro atoms. The van der Waals surface area contributed by atoms with Gasteiger partial charge in [-0.3, -0.25) is 0 Å². The smallest absolute Gasteiger partial charge is 0.389 e. The van der Waals surface area contributed by atoms with E-state index in [2.05, 4.69) is 0 Å². The number of alkyl halides is 3. The van der Waals surface area contributed by atoms with Crippen LogP contribution in [0.2, 0.25) is 0 Å². The van der Waals surface area contributed by atoms with Gasteiger partial charge in [-0.25, -0.2) is 0 Å². The summed E-state index contributed by atoms with van der Waals surface area (Å²) in [4.78, 5) is 0. The Hall–Kier alpha value is -0.330. The Morgan fingerprint density at radius 1 is 1.35 bits per heavy atom. The van der Waals surface area contributed by atoms with Crippen LogP contribution in [0, 0.1) is 5.41 Å². The van der Waals surface area contributed by atoms with Gasteiger partial charge in [-0.1, -0.05) is 0 Å². The van der Waals surface area contributed by atoms with Gasteiger partial charge in [0.2, 0.25) is 0 Å². The summed E-state index contributed by atoms with van der Waals surface area (Å²) in [5, 5.41) is 10.3.